The lowest BCUT2D eigenvalue weighted by Gasteiger charge is -2.43. The summed E-state index contributed by atoms with van der Waals surface area (Å²) in [5, 5.41) is 15.1. The Hall–Kier alpha value is -3.19. The lowest BCUT2D eigenvalue weighted by molar-refractivity contribution is -0.724. The van der Waals surface area contributed by atoms with Crippen LogP contribution in [-0.2, 0) is 29.1 Å². The van der Waals surface area contributed by atoms with E-state index in [9.17, 15) is 13.6 Å². The normalized spacial score (nSPS) is 26.6. The third-order valence-electron chi connectivity index (χ3n) is 5.97. The number of fused-ring (bicyclic) bond motifs is 1. The zero-order valence-corrected chi connectivity index (χ0v) is 21.1. The molecule has 3 heterocycles. The summed E-state index contributed by atoms with van der Waals surface area (Å²) in [4.78, 5) is -0.0666. The van der Waals surface area contributed by atoms with Crippen molar-refractivity contribution < 1.29 is 36.5 Å². The van der Waals surface area contributed by atoms with Gasteiger partial charge in [-0.3, -0.25) is 4.55 Å². The number of rotatable bonds is 4. The van der Waals surface area contributed by atoms with Crippen LogP contribution in [0.2, 0.25) is 0 Å². The minimum atomic E-state index is -4.02. The van der Waals surface area contributed by atoms with Gasteiger partial charge in [0.05, 0.1) is 11.5 Å². The lowest BCUT2D eigenvalue weighted by atomic mass is 9.96. The topological polar surface area (TPSA) is 131 Å². The first-order valence-corrected chi connectivity index (χ1v) is 13.0. The van der Waals surface area contributed by atoms with E-state index in [2.05, 4.69) is 5.16 Å². The Labute approximate surface area is 215 Å². The van der Waals surface area contributed by atoms with Crippen LogP contribution in [-0.4, -0.2) is 50.9 Å². The number of hydrogen-bond acceptors (Lipinski definition) is 8. The van der Waals surface area contributed by atoms with Gasteiger partial charge in [0.1, 0.15) is 17.9 Å². The summed E-state index contributed by atoms with van der Waals surface area (Å²) in [6.45, 7) is 2.13. The van der Waals surface area contributed by atoms with Crippen LogP contribution in [0.4, 0.5) is 0 Å². The third-order valence-corrected chi connectivity index (χ3v) is 6.84. The average Bonchev–Trinajstić information content (AvgIpc) is 2.92. The maximum absolute atomic E-state index is 11.8. The maximum Gasteiger partial charge on any atom is 0.294 e. The number of methoxy groups -OCH3 is 1. The van der Waals surface area contributed by atoms with Crippen molar-refractivity contribution in [2.45, 2.75) is 42.6 Å². The Morgan fingerprint density at radius 1 is 1.00 bits per heavy atom. The molecule has 0 saturated carbocycles. The highest BCUT2D eigenvalue weighted by atomic mass is 32.2. The van der Waals surface area contributed by atoms with E-state index in [1.54, 1.807) is 19.2 Å². The molecule has 0 bridgehead atoms. The van der Waals surface area contributed by atoms with Gasteiger partial charge in [0.25, 0.3) is 10.1 Å². The fraction of sp³-hybridized carbons (Fsp3) is 0.308. The van der Waals surface area contributed by atoms with Gasteiger partial charge in [0, 0.05) is 24.8 Å². The van der Waals surface area contributed by atoms with Crippen LogP contribution in [0.5, 0.6) is 0 Å². The van der Waals surface area contributed by atoms with Crippen molar-refractivity contribution >= 4 is 15.8 Å². The Morgan fingerprint density at radius 2 is 1.65 bits per heavy atom. The Bertz CT molecular complexity index is 1290. The molecule has 37 heavy (non-hydrogen) atoms. The van der Waals surface area contributed by atoms with E-state index < -0.39 is 40.9 Å². The fourth-order valence-electron chi connectivity index (χ4n) is 4.13. The highest BCUT2D eigenvalue weighted by Crippen LogP contribution is 2.35. The molecule has 0 aliphatic carbocycles. The van der Waals surface area contributed by atoms with Crippen molar-refractivity contribution in [3.05, 3.63) is 102 Å². The van der Waals surface area contributed by atoms with E-state index >= 15 is 0 Å². The smallest absolute Gasteiger partial charge is 0.294 e. The number of aromatic nitrogens is 1. The van der Waals surface area contributed by atoms with Crippen molar-refractivity contribution in [3.63, 3.8) is 0 Å². The molecule has 2 aliphatic rings. The van der Waals surface area contributed by atoms with Crippen LogP contribution < -0.4 is 4.57 Å². The SMILES string of the molecule is COC1OC2COC(c3ccccc3)OC2/C(=N/[O-])C1[n+]1ccccc1.Cc1ccc(S(=O)(=O)O)cc1. The molecule has 5 rings (SSSR count). The molecule has 3 aromatic rings. The summed E-state index contributed by atoms with van der Waals surface area (Å²) in [6, 6.07) is 20.7. The third kappa shape index (κ3) is 6.39. The van der Waals surface area contributed by atoms with Gasteiger partial charge in [-0.15, -0.1) is 0 Å². The minimum Gasteiger partial charge on any atom is -0.792 e. The number of hydrogen-bond donors (Lipinski definition) is 1. The van der Waals surface area contributed by atoms with Crippen LogP contribution >= 0.6 is 0 Å². The molecule has 196 valence electrons. The molecule has 11 heteroatoms. The molecule has 5 atom stereocenters. The number of aryl methyl sites for hydroxylation is 1. The van der Waals surface area contributed by atoms with Crippen LogP contribution in [0, 0.1) is 12.1 Å². The first-order valence-electron chi connectivity index (χ1n) is 11.5. The highest BCUT2D eigenvalue weighted by Gasteiger charge is 2.51. The zero-order valence-electron chi connectivity index (χ0n) is 20.3. The minimum absolute atomic E-state index is 0.0666. The molecule has 1 aromatic heterocycles. The van der Waals surface area contributed by atoms with Gasteiger partial charge in [-0.25, -0.2) is 0 Å². The van der Waals surface area contributed by atoms with E-state index in [4.69, 9.17) is 23.5 Å². The lowest BCUT2D eigenvalue weighted by Crippen LogP contribution is -2.63. The molecule has 10 nitrogen and oxygen atoms in total. The quantitative estimate of drug-likeness (QED) is 0.310. The van der Waals surface area contributed by atoms with Gasteiger partial charge >= 0.3 is 0 Å². The van der Waals surface area contributed by atoms with Gasteiger partial charge in [0.2, 0.25) is 12.3 Å². The van der Waals surface area contributed by atoms with E-state index in [1.165, 1.54) is 12.1 Å². The second kappa shape index (κ2) is 11.9. The van der Waals surface area contributed by atoms with Gasteiger partial charge in [0.15, 0.2) is 18.7 Å². The summed E-state index contributed by atoms with van der Waals surface area (Å²) in [7, 11) is -2.48. The molecular formula is C26H28N2O8S. The van der Waals surface area contributed by atoms with Crippen LogP contribution in [0.15, 0.2) is 95.2 Å². The number of pyridine rings is 1. The van der Waals surface area contributed by atoms with Crippen LogP contribution in [0.3, 0.4) is 0 Å². The predicted molar refractivity (Wildman–Crippen MR) is 133 cm³/mol. The van der Waals surface area contributed by atoms with Crippen molar-refractivity contribution in [2.24, 2.45) is 5.16 Å². The molecule has 5 unspecified atom stereocenters. The summed E-state index contributed by atoms with van der Waals surface area (Å²) in [6.07, 6.45) is 1.41. The molecule has 2 aromatic carbocycles. The zero-order chi connectivity index (χ0) is 26.4. The van der Waals surface area contributed by atoms with Crippen molar-refractivity contribution in [1.29, 1.82) is 0 Å². The molecule has 0 spiro atoms. The van der Waals surface area contributed by atoms with E-state index in [0.29, 0.717) is 5.71 Å². The first kappa shape index (κ1) is 26.9. The van der Waals surface area contributed by atoms with Crippen molar-refractivity contribution in [2.75, 3.05) is 13.7 Å². The fourth-order valence-corrected chi connectivity index (χ4v) is 4.61. The summed E-state index contributed by atoms with van der Waals surface area (Å²) >= 11 is 0. The Morgan fingerprint density at radius 3 is 2.24 bits per heavy atom. The average molecular weight is 529 g/mol. The second-order valence-corrected chi connectivity index (χ2v) is 9.90. The van der Waals surface area contributed by atoms with E-state index in [1.807, 2.05) is 72.4 Å². The molecule has 1 N–H and O–H groups in total. The summed E-state index contributed by atoms with van der Waals surface area (Å²) in [5.41, 5.74) is 2.18. The maximum atomic E-state index is 11.8. The van der Waals surface area contributed by atoms with Crippen LogP contribution in [0.25, 0.3) is 0 Å². The van der Waals surface area contributed by atoms with Gasteiger partial charge in [-0.1, -0.05) is 54.1 Å². The number of nitrogens with zero attached hydrogens (tertiary/aromatic N) is 2. The second-order valence-electron chi connectivity index (χ2n) is 8.48. The number of ether oxygens (including phenoxy) is 4. The molecule has 0 radical (unpaired) electrons. The Kier molecular flexibility index (Phi) is 8.64. The number of benzene rings is 2. The van der Waals surface area contributed by atoms with Gasteiger partial charge in [-0.05, 0) is 19.1 Å². The van der Waals surface area contributed by atoms with E-state index in [0.717, 1.165) is 11.1 Å². The predicted octanol–water partition coefficient (Wildman–Crippen LogP) is 3.18. The molecule has 2 fully saturated rings. The Balaban J connectivity index is 0.000000245. The highest BCUT2D eigenvalue weighted by molar-refractivity contribution is 7.85. The van der Waals surface area contributed by atoms with E-state index in [-0.39, 0.29) is 11.5 Å². The molecule has 2 saturated heterocycles. The molecule has 0 amide bonds. The standard InChI is InChI=1S/C19H20N2O5.C7H8O3S/c1-23-19-16(21-10-6-3-7-11-21)15(20-22)17-14(25-19)12-24-18(26-17)13-8-4-2-5-9-13;1-6-2-4-7(5-3-6)11(8,9)10/h2-11,14,16-19H,12H2,1H3;2-5H,1H3,(H,8,9,10)/b20-15+;. The largest absolute Gasteiger partial charge is 0.792 e. The van der Waals surface area contributed by atoms with Crippen molar-refractivity contribution in [1.82, 2.24) is 0 Å². The van der Waals surface area contributed by atoms with Gasteiger partial charge in [-0.2, -0.15) is 13.0 Å². The van der Waals surface area contributed by atoms with Crippen LogP contribution in [0.1, 0.15) is 23.5 Å². The van der Waals surface area contributed by atoms with Gasteiger partial charge < -0.3 is 29.3 Å². The molecular weight excluding hydrogens is 500 g/mol. The summed E-state index contributed by atoms with van der Waals surface area (Å²) in [5.74, 6) is 0. The van der Waals surface area contributed by atoms with Crippen molar-refractivity contribution in [3.8, 4) is 0 Å². The monoisotopic (exact) mass is 528 g/mol. The molecule has 2 aliphatic heterocycles. The first-order chi connectivity index (χ1) is 17.8. The summed E-state index contributed by atoms with van der Waals surface area (Å²) < 4.78 is 54.8.